The maximum absolute atomic E-state index is 13.9. The molecule has 1 amide bonds. The molecule has 0 heterocycles. The summed E-state index contributed by atoms with van der Waals surface area (Å²) >= 11 is 0. The number of halogens is 4. The van der Waals surface area contributed by atoms with E-state index in [4.69, 9.17) is 9.84 Å². The molecule has 0 fully saturated rings. The number of carboxylic acid groups (broad SMARTS) is 1. The fraction of sp³-hybridized carbons (Fsp3) is 0.259. The molecule has 1 N–H and O–H groups in total. The Hall–Kier alpha value is -3.88. The molecule has 3 aromatic carbocycles. The van der Waals surface area contributed by atoms with E-state index in [1.54, 1.807) is 19.9 Å². The summed E-state index contributed by atoms with van der Waals surface area (Å²) in [5.41, 5.74) is -0.498. The van der Waals surface area contributed by atoms with E-state index in [9.17, 15) is 27.2 Å². The van der Waals surface area contributed by atoms with Crippen LogP contribution < -0.4 is 4.74 Å². The molecule has 0 spiro atoms. The van der Waals surface area contributed by atoms with Gasteiger partial charge in [-0.05, 0) is 67.4 Å². The predicted molar refractivity (Wildman–Crippen MR) is 126 cm³/mol. The van der Waals surface area contributed by atoms with Crippen LogP contribution in [-0.4, -0.2) is 34.6 Å². The first-order chi connectivity index (χ1) is 16.9. The first-order valence-corrected chi connectivity index (χ1v) is 11.2. The maximum Gasteiger partial charge on any atom is 0.390 e. The first-order valence-electron chi connectivity index (χ1n) is 11.2. The van der Waals surface area contributed by atoms with Gasteiger partial charge in [-0.2, -0.15) is 13.2 Å². The average molecular weight is 503 g/mol. The Kier molecular flexibility index (Phi) is 8.02. The normalized spacial score (nSPS) is 13.1. The average Bonchev–Trinajstić information content (AvgIpc) is 2.85. The van der Waals surface area contributed by atoms with Crippen LogP contribution in [0.25, 0.3) is 0 Å². The Morgan fingerprint density at radius 2 is 1.50 bits per heavy atom. The van der Waals surface area contributed by atoms with Gasteiger partial charge in [0.25, 0.3) is 5.91 Å². The highest BCUT2D eigenvalue weighted by molar-refractivity contribution is 5.95. The summed E-state index contributed by atoms with van der Waals surface area (Å²) in [6, 6.07) is 17.2. The van der Waals surface area contributed by atoms with Gasteiger partial charge in [0.2, 0.25) is 0 Å². The van der Waals surface area contributed by atoms with Crippen LogP contribution in [0.4, 0.5) is 17.6 Å². The molecule has 3 aromatic rings. The Bertz CT molecular complexity index is 1210. The SMILES string of the molecule is CCC(C)(c1ccc(C(=O)O)cc1)N(CCC(F)(F)F)C(=O)c1ccc(Oc2ccccc2F)cc1. The van der Waals surface area contributed by atoms with Gasteiger partial charge in [-0.1, -0.05) is 31.2 Å². The molecule has 190 valence electrons. The molecule has 0 saturated heterocycles. The molecule has 0 aliphatic carbocycles. The van der Waals surface area contributed by atoms with Crippen LogP contribution in [0.1, 0.15) is 53.0 Å². The van der Waals surface area contributed by atoms with Gasteiger partial charge < -0.3 is 14.7 Å². The fourth-order valence-electron chi connectivity index (χ4n) is 3.81. The van der Waals surface area contributed by atoms with Crippen molar-refractivity contribution < 1.29 is 37.0 Å². The van der Waals surface area contributed by atoms with E-state index in [1.807, 2.05) is 0 Å². The van der Waals surface area contributed by atoms with Crippen LogP contribution in [0.5, 0.6) is 11.5 Å². The van der Waals surface area contributed by atoms with E-state index in [0.29, 0.717) is 5.56 Å². The molecule has 1 unspecified atom stereocenters. The largest absolute Gasteiger partial charge is 0.478 e. The smallest absolute Gasteiger partial charge is 0.390 e. The van der Waals surface area contributed by atoms with E-state index in [2.05, 4.69) is 0 Å². The molecular weight excluding hydrogens is 478 g/mol. The summed E-state index contributed by atoms with van der Waals surface area (Å²) in [5.74, 6) is -2.10. The molecule has 0 saturated carbocycles. The number of para-hydroxylation sites is 1. The number of aromatic carboxylic acids is 1. The van der Waals surface area contributed by atoms with Gasteiger partial charge in [0.15, 0.2) is 11.6 Å². The second-order valence-electron chi connectivity index (χ2n) is 8.39. The van der Waals surface area contributed by atoms with Gasteiger partial charge in [0.05, 0.1) is 17.5 Å². The summed E-state index contributed by atoms with van der Waals surface area (Å²) in [5, 5.41) is 9.17. The van der Waals surface area contributed by atoms with Crippen LogP contribution in [-0.2, 0) is 5.54 Å². The molecule has 0 bridgehead atoms. The summed E-state index contributed by atoms with van der Waals surface area (Å²) < 4.78 is 58.8. The number of nitrogens with zero attached hydrogens (tertiary/aromatic N) is 1. The van der Waals surface area contributed by atoms with Gasteiger partial charge in [0.1, 0.15) is 5.75 Å². The summed E-state index contributed by atoms with van der Waals surface area (Å²) in [7, 11) is 0. The minimum Gasteiger partial charge on any atom is -0.478 e. The number of carbonyl (C=O) groups excluding carboxylic acids is 1. The number of carboxylic acids is 1. The van der Waals surface area contributed by atoms with Crippen molar-refractivity contribution in [1.82, 2.24) is 4.90 Å². The summed E-state index contributed by atoms with van der Waals surface area (Å²) in [6.45, 7) is 2.79. The monoisotopic (exact) mass is 503 g/mol. The van der Waals surface area contributed by atoms with E-state index in [0.717, 1.165) is 4.90 Å². The minimum absolute atomic E-state index is 0.00764. The number of hydrogen-bond acceptors (Lipinski definition) is 3. The molecule has 0 aliphatic rings. The third-order valence-electron chi connectivity index (χ3n) is 6.07. The highest BCUT2D eigenvalue weighted by atomic mass is 19.4. The molecule has 1 atom stereocenters. The molecular formula is C27H25F4NO4. The lowest BCUT2D eigenvalue weighted by Gasteiger charge is -2.42. The summed E-state index contributed by atoms with van der Waals surface area (Å²) in [6.07, 6.45) is -5.43. The Morgan fingerprint density at radius 3 is 2.03 bits per heavy atom. The zero-order valence-electron chi connectivity index (χ0n) is 19.7. The number of rotatable bonds is 9. The third kappa shape index (κ3) is 6.21. The van der Waals surface area contributed by atoms with E-state index >= 15 is 0 Å². The van der Waals surface area contributed by atoms with E-state index in [1.165, 1.54) is 66.7 Å². The maximum atomic E-state index is 13.9. The molecule has 3 rings (SSSR count). The Labute approximate surface area is 205 Å². The van der Waals surface area contributed by atoms with Gasteiger partial charge in [-0.3, -0.25) is 4.79 Å². The number of ether oxygens (including phenoxy) is 1. The second-order valence-corrected chi connectivity index (χ2v) is 8.39. The van der Waals surface area contributed by atoms with Crippen molar-refractivity contribution in [3.05, 3.63) is 95.3 Å². The van der Waals surface area contributed by atoms with Crippen LogP contribution in [0.15, 0.2) is 72.8 Å². The third-order valence-corrected chi connectivity index (χ3v) is 6.07. The fourth-order valence-corrected chi connectivity index (χ4v) is 3.81. The zero-order chi connectivity index (χ0) is 26.5. The molecule has 0 aromatic heterocycles. The zero-order valence-corrected chi connectivity index (χ0v) is 19.7. The van der Waals surface area contributed by atoms with Gasteiger partial charge in [-0.25, -0.2) is 9.18 Å². The second kappa shape index (κ2) is 10.8. The van der Waals surface area contributed by atoms with Crippen molar-refractivity contribution in [1.29, 1.82) is 0 Å². The number of alkyl halides is 3. The van der Waals surface area contributed by atoms with Crippen LogP contribution in [0.2, 0.25) is 0 Å². The standard InChI is InChI=1S/C27H25F4NO4/c1-3-26(2,20-12-8-19(9-13-20)25(34)35)32(17-16-27(29,30)31)24(33)18-10-14-21(15-11-18)36-23-7-5-4-6-22(23)28/h4-15H,3,16-17H2,1-2H3,(H,34,35). The number of carbonyl (C=O) groups is 2. The summed E-state index contributed by atoms with van der Waals surface area (Å²) in [4.78, 5) is 25.9. The highest BCUT2D eigenvalue weighted by Crippen LogP contribution is 2.35. The lowest BCUT2D eigenvalue weighted by Crippen LogP contribution is -2.48. The van der Waals surface area contributed by atoms with Crippen molar-refractivity contribution in [3.8, 4) is 11.5 Å². The van der Waals surface area contributed by atoms with Gasteiger partial charge >= 0.3 is 12.1 Å². The van der Waals surface area contributed by atoms with Crippen molar-refractivity contribution in [3.63, 3.8) is 0 Å². The van der Waals surface area contributed by atoms with Gasteiger partial charge in [0, 0.05) is 12.1 Å². The van der Waals surface area contributed by atoms with Crippen molar-refractivity contribution in [2.24, 2.45) is 0 Å². The highest BCUT2D eigenvalue weighted by Gasteiger charge is 2.39. The van der Waals surface area contributed by atoms with Crippen molar-refractivity contribution in [2.75, 3.05) is 6.54 Å². The van der Waals surface area contributed by atoms with Gasteiger partial charge in [-0.15, -0.1) is 0 Å². The number of benzene rings is 3. The van der Waals surface area contributed by atoms with E-state index in [-0.39, 0.29) is 29.0 Å². The minimum atomic E-state index is -4.49. The Morgan fingerprint density at radius 1 is 0.917 bits per heavy atom. The lowest BCUT2D eigenvalue weighted by molar-refractivity contribution is -0.139. The molecule has 36 heavy (non-hydrogen) atoms. The molecule has 9 heteroatoms. The van der Waals surface area contributed by atoms with E-state index < -0.39 is 42.4 Å². The topological polar surface area (TPSA) is 66.8 Å². The first kappa shape index (κ1) is 26.7. The lowest BCUT2D eigenvalue weighted by atomic mass is 9.86. The Balaban J connectivity index is 1.93. The van der Waals surface area contributed by atoms with Crippen molar-refractivity contribution in [2.45, 2.75) is 38.4 Å². The predicted octanol–water partition coefficient (Wildman–Crippen LogP) is 7.04. The number of amides is 1. The van der Waals surface area contributed by atoms with Crippen LogP contribution in [0.3, 0.4) is 0 Å². The van der Waals surface area contributed by atoms with Crippen molar-refractivity contribution >= 4 is 11.9 Å². The quantitative estimate of drug-likeness (QED) is 0.318. The molecule has 5 nitrogen and oxygen atoms in total. The van der Waals surface area contributed by atoms with Crippen LogP contribution >= 0.6 is 0 Å². The van der Waals surface area contributed by atoms with Crippen LogP contribution in [0, 0.1) is 5.82 Å². The number of hydrogen-bond donors (Lipinski definition) is 1. The molecule has 0 aliphatic heterocycles. The molecule has 0 radical (unpaired) electrons.